The number of nitrogens with zero attached hydrogens (tertiary/aromatic N) is 4. The lowest BCUT2D eigenvalue weighted by Gasteiger charge is -2.24. The Morgan fingerprint density at radius 2 is 1.68 bits per heavy atom. The summed E-state index contributed by atoms with van der Waals surface area (Å²) in [6, 6.07) is 0.728. The van der Waals surface area contributed by atoms with Crippen LogP contribution in [0, 0.1) is 0 Å². The van der Waals surface area contributed by atoms with Crippen LogP contribution in [0.4, 0.5) is 0 Å². The van der Waals surface area contributed by atoms with Gasteiger partial charge in [-0.1, -0.05) is 46.5 Å². The summed E-state index contributed by atoms with van der Waals surface area (Å²) in [6.45, 7) is 5.92. The number of amides is 4. The quantitative estimate of drug-likeness (QED) is 0.502. The third-order valence-corrected chi connectivity index (χ3v) is 4.60. The molecule has 0 saturated carbocycles. The van der Waals surface area contributed by atoms with Gasteiger partial charge >= 0.3 is 0 Å². The van der Waals surface area contributed by atoms with Crippen molar-refractivity contribution in [2.24, 2.45) is 5.73 Å². The minimum Gasteiger partial charge on any atom is -0.368 e. The van der Waals surface area contributed by atoms with Gasteiger partial charge in [-0.05, 0) is 12.5 Å². The summed E-state index contributed by atoms with van der Waals surface area (Å²) < 4.78 is 1.34. The summed E-state index contributed by atoms with van der Waals surface area (Å²) >= 11 is 0. The number of nitrogens with one attached hydrogen (secondary N) is 1. The molecule has 1 heterocycles. The molecule has 0 radical (unpaired) electrons. The number of aromatic nitrogens is 2. The molecule has 10 heteroatoms. The van der Waals surface area contributed by atoms with E-state index in [-0.39, 0.29) is 27.5 Å². The molecule has 10 nitrogen and oxygen atoms in total. The number of carbonyl (C=O) groups excluding carboxylic acids is 4. The van der Waals surface area contributed by atoms with Crippen LogP contribution < -0.4 is 11.1 Å². The predicted molar refractivity (Wildman–Crippen MR) is 123 cm³/mol. The van der Waals surface area contributed by atoms with Crippen LogP contribution in [0.5, 0.6) is 0 Å². The number of carbonyl (C=O) groups is 4. The number of primary amides is 1. The maximum Gasteiger partial charge on any atom is 0.272 e. The summed E-state index contributed by atoms with van der Waals surface area (Å²) in [6.07, 6.45) is 7.43. The van der Waals surface area contributed by atoms with Crippen molar-refractivity contribution in [2.45, 2.75) is 65.5 Å². The zero-order valence-corrected chi connectivity index (χ0v) is 19.7. The maximum atomic E-state index is 12.0. The van der Waals surface area contributed by atoms with E-state index in [1.807, 2.05) is 0 Å². The van der Waals surface area contributed by atoms with E-state index in [1.54, 1.807) is 21.0 Å². The summed E-state index contributed by atoms with van der Waals surface area (Å²) in [5.41, 5.74) is 5.32. The highest BCUT2D eigenvalue weighted by molar-refractivity contribution is 5.95. The average Bonchev–Trinajstić information content (AvgIpc) is 3.19. The summed E-state index contributed by atoms with van der Waals surface area (Å²) in [7, 11) is 4.70. The molecule has 1 aromatic rings. The third kappa shape index (κ3) is 10.6. The second kappa shape index (κ2) is 15.0. The van der Waals surface area contributed by atoms with Crippen molar-refractivity contribution in [1.29, 1.82) is 0 Å². The second-order valence-electron chi connectivity index (χ2n) is 7.41. The predicted octanol–water partition coefficient (Wildman–Crippen LogP) is 1.50. The number of nitrogens with two attached hydrogens (primary N) is 1. The molecule has 180 valence electrons. The van der Waals surface area contributed by atoms with Crippen LogP contribution in [0.2, 0.25) is 0 Å². The van der Waals surface area contributed by atoms with Gasteiger partial charge in [0, 0.05) is 30.2 Å². The average molecular weight is 443 g/mol. The normalized spacial score (nSPS) is 11.0. The SMILES string of the molecule is CCC(C(N)=O)N(C)C(=O)CNC(=O)c1ccn(CC(=O)N(C)C)n1.CCCCCC.[HH].[HH]. The number of hydrogen-bond donors (Lipinski definition) is 2. The summed E-state index contributed by atoms with van der Waals surface area (Å²) in [5, 5.41) is 6.43. The van der Waals surface area contributed by atoms with E-state index < -0.39 is 23.8 Å². The topological polar surface area (TPSA) is 131 Å². The van der Waals surface area contributed by atoms with Gasteiger partial charge in [0.15, 0.2) is 0 Å². The number of likely N-dealkylation sites (N-methyl/N-ethyl adjacent to an activating group) is 2. The molecular formula is C21H42N6O4. The van der Waals surface area contributed by atoms with Gasteiger partial charge in [-0.3, -0.25) is 23.9 Å². The molecule has 1 unspecified atom stereocenters. The van der Waals surface area contributed by atoms with Crippen molar-refractivity contribution in [3.05, 3.63) is 18.0 Å². The molecule has 1 aromatic heterocycles. The first kappa shape index (κ1) is 28.1. The first-order valence-corrected chi connectivity index (χ1v) is 10.7. The monoisotopic (exact) mass is 442 g/mol. The first-order valence-electron chi connectivity index (χ1n) is 10.7. The highest BCUT2D eigenvalue weighted by Gasteiger charge is 2.23. The first-order chi connectivity index (χ1) is 14.6. The highest BCUT2D eigenvalue weighted by Crippen LogP contribution is 2.02. The molecule has 31 heavy (non-hydrogen) atoms. The molecule has 0 saturated heterocycles. The van der Waals surface area contributed by atoms with Gasteiger partial charge in [0.25, 0.3) is 5.91 Å². The van der Waals surface area contributed by atoms with E-state index in [1.165, 1.54) is 59.5 Å². The van der Waals surface area contributed by atoms with E-state index in [0.29, 0.717) is 6.42 Å². The van der Waals surface area contributed by atoms with Crippen LogP contribution in [-0.4, -0.2) is 76.9 Å². The van der Waals surface area contributed by atoms with E-state index in [0.717, 1.165) is 0 Å². The molecular weight excluding hydrogens is 400 g/mol. The van der Waals surface area contributed by atoms with Gasteiger partial charge in [0.2, 0.25) is 17.7 Å². The van der Waals surface area contributed by atoms with Crippen molar-refractivity contribution in [3.8, 4) is 0 Å². The summed E-state index contributed by atoms with van der Waals surface area (Å²) in [4.78, 5) is 49.6. The zero-order valence-electron chi connectivity index (χ0n) is 19.7. The molecule has 0 aliphatic heterocycles. The highest BCUT2D eigenvalue weighted by atomic mass is 16.2. The Labute approximate surface area is 188 Å². The molecule has 1 atom stereocenters. The fourth-order valence-electron chi connectivity index (χ4n) is 2.56. The third-order valence-electron chi connectivity index (χ3n) is 4.60. The largest absolute Gasteiger partial charge is 0.368 e. The van der Waals surface area contributed by atoms with Gasteiger partial charge in [0.1, 0.15) is 18.3 Å². The van der Waals surface area contributed by atoms with Crippen LogP contribution in [-0.2, 0) is 20.9 Å². The Kier molecular flexibility index (Phi) is 13.6. The van der Waals surface area contributed by atoms with E-state index in [4.69, 9.17) is 5.73 Å². The van der Waals surface area contributed by atoms with Gasteiger partial charge in [-0.15, -0.1) is 0 Å². The van der Waals surface area contributed by atoms with E-state index in [2.05, 4.69) is 24.3 Å². The van der Waals surface area contributed by atoms with Crippen LogP contribution in [0.1, 0.15) is 66.2 Å². The molecule has 0 fully saturated rings. The van der Waals surface area contributed by atoms with E-state index in [9.17, 15) is 19.2 Å². The van der Waals surface area contributed by atoms with Crippen molar-refractivity contribution < 1.29 is 22.0 Å². The molecule has 0 spiro atoms. The van der Waals surface area contributed by atoms with Crippen molar-refractivity contribution in [3.63, 3.8) is 0 Å². The van der Waals surface area contributed by atoms with Gasteiger partial charge in [-0.2, -0.15) is 5.10 Å². The fourth-order valence-corrected chi connectivity index (χ4v) is 2.56. The smallest absolute Gasteiger partial charge is 0.272 e. The standard InChI is InChI=1S/C15H24N6O4.C6H14.2H2/c1-5-11(14(16)24)20(4)12(22)8-17-15(25)10-6-7-21(18-10)9-13(23)19(2)3;1-3-5-6-4-2;;/h6-7,11H,5,8-9H2,1-4H3,(H2,16,24)(H,17,25);3-6H2,1-2H3;2*1H. The Morgan fingerprint density at radius 3 is 2.13 bits per heavy atom. The molecule has 0 aliphatic carbocycles. The maximum absolute atomic E-state index is 12.0. The van der Waals surface area contributed by atoms with Crippen molar-refractivity contribution in [2.75, 3.05) is 27.7 Å². The van der Waals surface area contributed by atoms with Crippen LogP contribution in [0.3, 0.4) is 0 Å². The van der Waals surface area contributed by atoms with E-state index >= 15 is 0 Å². The zero-order chi connectivity index (χ0) is 24.0. The lowest BCUT2D eigenvalue weighted by Crippen LogP contribution is -2.48. The number of rotatable bonds is 11. The Hall–Kier alpha value is -2.91. The molecule has 0 aromatic carbocycles. The Balaban J connectivity index is -0.000000993. The van der Waals surface area contributed by atoms with Crippen molar-refractivity contribution >= 4 is 23.6 Å². The number of unbranched alkanes of at least 4 members (excludes halogenated alkanes) is 3. The van der Waals surface area contributed by atoms with Crippen LogP contribution in [0.15, 0.2) is 12.3 Å². The second-order valence-corrected chi connectivity index (χ2v) is 7.41. The fraction of sp³-hybridized carbons (Fsp3) is 0.667. The molecule has 4 amide bonds. The van der Waals surface area contributed by atoms with Crippen LogP contribution in [0.25, 0.3) is 0 Å². The minimum atomic E-state index is -0.722. The number of hydrogen-bond acceptors (Lipinski definition) is 5. The lowest BCUT2D eigenvalue weighted by atomic mass is 10.2. The Morgan fingerprint density at radius 1 is 1.10 bits per heavy atom. The molecule has 3 N–H and O–H groups in total. The summed E-state index contributed by atoms with van der Waals surface area (Å²) in [5.74, 6) is -1.76. The van der Waals surface area contributed by atoms with Crippen LogP contribution >= 0.6 is 0 Å². The molecule has 0 aliphatic rings. The Bertz CT molecular complexity index is 723. The van der Waals surface area contributed by atoms with Gasteiger partial charge in [-0.25, -0.2) is 0 Å². The molecule has 1 rings (SSSR count). The van der Waals surface area contributed by atoms with Crippen molar-refractivity contribution in [1.82, 2.24) is 24.9 Å². The minimum absolute atomic E-state index is 0. The van der Waals surface area contributed by atoms with Gasteiger partial charge in [0.05, 0.1) is 6.54 Å². The lowest BCUT2D eigenvalue weighted by molar-refractivity contribution is -0.137. The van der Waals surface area contributed by atoms with Gasteiger partial charge < -0.3 is 20.9 Å². The molecule has 0 bridgehead atoms.